The number of hydrazone groups is 1. The van der Waals surface area contributed by atoms with Gasteiger partial charge < -0.3 is 0 Å². The molecule has 0 fully saturated rings. The number of halogens is 1. The molecule has 0 aliphatic carbocycles. The Kier molecular flexibility index (Phi) is 4.98. The van der Waals surface area contributed by atoms with Crippen LogP contribution in [0.3, 0.4) is 0 Å². The fraction of sp³-hybridized carbons (Fsp3) is 0.0909. The van der Waals surface area contributed by atoms with Gasteiger partial charge in [0.25, 0.3) is 5.91 Å². The molecule has 0 bridgehead atoms. The number of benzene rings is 2. The van der Waals surface area contributed by atoms with Crippen molar-refractivity contribution in [2.45, 2.75) is 11.9 Å². The molecule has 1 atom stereocenters. The Balaban J connectivity index is 1.56. The number of nitrogens with zero attached hydrogens (tertiary/aromatic N) is 4. The van der Waals surface area contributed by atoms with E-state index in [1.165, 1.54) is 11.8 Å². The van der Waals surface area contributed by atoms with Crippen LogP contribution in [0.1, 0.15) is 17.3 Å². The first-order valence-corrected chi connectivity index (χ1v) is 10.7. The van der Waals surface area contributed by atoms with Gasteiger partial charge in [0.05, 0.1) is 5.36 Å². The maximum absolute atomic E-state index is 13.1. The number of rotatable bonds is 3. The summed E-state index contributed by atoms with van der Waals surface area (Å²) in [6.45, 7) is 0. The number of carbonyl (C=O) groups is 1. The lowest BCUT2D eigenvalue weighted by atomic mass is 10.1. The number of amidine groups is 1. The number of para-hydroxylation sites is 1. The van der Waals surface area contributed by atoms with Gasteiger partial charge in [-0.1, -0.05) is 65.8 Å². The van der Waals surface area contributed by atoms with E-state index in [1.807, 2.05) is 60.7 Å². The lowest BCUT2D eigenvalue weighted by molar-refractivity contribution is -0.116. The molecule has 0 unspecified atom stereocenters. The second kappa shape index (κ2) is 7.93. The highest BCUT2D eigenvalue weighted by atomic mass is 35.5. The van der Waals surface area contributed by atoms with E-state index in [0.717, 1.165) is 21.7 Å². The minimum Gasteiger partial charge on any atom is -0.298 e. The fourth-order valence-corrected chi connectivity index (χ4v) is 4.54. The Bertz CT molecular complexity index is 1280. The zero-order valence-electron chi connectivity index (χ0n) is 15.7. The maximum Gasteiger partial charge on any atom is 0.276 e. The number of aromatic nitrogens is 1. The fourth-order valence-electron chi connectivity index (χ4n) is 3.40. The van der Waals surface area contributed by atoms with Gasteiger partial charge in [0, 0.05) is 34.0 Å². The number of pyridine rings is 1. The van der Waals surface area contributed by atoms with Gasteiger partial charge in [0.15, 0.2) is 11.3 Å². The molecular weight excluding hydrogens is 418 g/mol. The standard InChI is InChI=1S/C22H16ClN5OS/c23-17-9-3-1-6-15(17)13-30-22-26-21(29)19-16-8-2-4-10-18(16)25-20(28(19)27-22)14-7-5-11-24-12-14/h1-12,20H,13H2,(H,26,27,29)/t20-/m1/s1. The number of hydrogen-bond acceptors (Lipinski definition) is 6. The van der Waals surface area contributed by atoms with Crippen LogP contribution in [-0.2, 0) is 10.5 Å². The Morgan fingerprint density at radius 1 is 1.07 bits per heavy atom. The number of nitrogens with one attached hydrogen (secondary N) is 1. The Labute approximate surface area is 182 Å². The van der Waals surface area contributed by atoms with Crippen molar-refractivity contribution in [3.8, 4) is 0 Å². The predicted molar refractivity (Wildman–Crippen MR) is 118 cm³/mol. The van der Waals surface area contributed by atoms with Gasteiger partial charge in [-0.05, 0) is 23.8 Å². The summed E-state index contributed by atoms with van der Waals surface area (Å²) in [4.78, 5) is 22.2. The SMILES string of the molecule is O=C1NC(SCc2ccccc2Cl)=NN2C1=c1ccccc1=N[C@H]2c1cccnc1. The lowest BCUT2D eigenvalue weighted by Gasteiger charge is -2.33. The van der Waals surface area contributed by atoms with Crippen LogP contribution in [0.4, 0.5) is 0 Å². The molecular formula is C22H16ClN5OS. The van der Waals surface area contributed by atoms with Gasteiger partial charge in [0.2, 0.25) is 0 Å². The molecule has 2 aliphatic rings. The van der Waals surface area contributed by atoms with Crippen LogP contribution in [0.15, 0.2) is 83.2 Å². The van der Waals surface area contributed by atoms with E-state index in [0.29, 0.717) is 21.6 Å². The predicted octanol–water partition coefficient (Wildman–Crippen LogP) is 2.81. The minimum atomic E-state index is -0.467. The van der Waals surface area contributed by atoms with Crippen LogP contribution in [0.25, 0.3) is 5.70 Å². The quantitative estimate of drug-likeness (QED) is 0.689. The number of carbonyl (C=O) groups excluding carboxylic acids is 1. The van der Waals surface area contributed by atoms with E-state index in [2.05, 4.69) is 10.3 Å². The first kappa shape index (κ1) is 18.8. The third-order valence-corrected chi connectivity index (χ3v) is 6.10. The monoisotopic (exact) mass is 433 g/mol. The molecule has 1 amide bonds. The summed E-state index contributed by atoms with van der Waals surface area (Å²) < 4.78 is 0. The normalized spacial score (nSPS) is 17.4. The summed E-state index contributed by atoms with van der Waals surface area (Å²) in [5.74, 6) is 0.385. The van der Waals surface area contributed by atoms with Gasteiger partial charge in [-0.15, -0.1) is 5.10 Å². The maximum atomic E-state index is 13.1. The van der Waals surface area contributed by atoms with Crippen molar-refractivity contribution >= 4 is 40.1 Å². The summed E-state index contributed by atoms with van der Waals surface area (Å²) in [5.41, 5.74) is 2.32. The van der Waals surface area contributed by atoms with Crippen molar-refractivity contribution in [2.24, 2.45) is 10.1 Å². The van der Waals surface area contributed by atoms with E-state index in [9.17, 15) is 4.79 Å². The van der Waals surface area contributed by atoms with Crippen LogP contribution in [0.2, 0.25) is 5.02 Å². The summed E-state index contributed by atoms with van der Waals surface area (Å²) in [6.07, 6.45) is 2.99. The second-order valence-corrected chi connectivity index (χ2v) is 8.11. The molecule has 6 nitrogen and oxygen atoms in total. The molecule has 2 aromatic carbocycles. The van der Waals surface area contributed by atoms with Crippen molar-refractivity contribution in [1.29, 1.82) is 0 Å². The minimum absolute atomic E-state index is 0.206. The summed E-state index contributed by atoms with van der Waals surface area (Å²) in [5, 5.41) is 12.1. The van der Waals surface area contributed by atoms with Crippen LogP contribution >= 0.6 is 23.4 Å². The van der Waals surface area contributed by atoms with Crippen LogP contribution < -0.4 is 15.9 Å². The van der Waals surface area contributed by atoms with Gasteiger partial charge in [-0.3, -0.25) is 20.1 Å². The summed E-state index contributed by atoms with van der Waals surface area (Å²) in [6, 6.07) is 19.0. The molecule has 30 heavy (non-hydrogen) atoms. The topological polar surface area (TPSA) is 70.0 Å². The third kappa shape index (κ3) is 3.46. The van der Waals surface area contributed by atoms with Crippen molar-refractivity contribution in [3.05, 3.63) is 99.8 Å². The summed E-state index contributed by atoms with van der Waals surface area (Å²) in [7, 11) is 0. The second-order valence-electron chi connectivity index (χ2n) is 6.74. The largest absolute Gasteiger partial charge is 0.298 e. The first-order valence-electron chi connectivity index (χ1n) is 9.33. The Hall–Kier alpha value is -3.16. The molecule has 148 valence electrons. The molecule has 5 rings (SSSR count). The van der Waals surface area contributed by atoms with Crippen molar-refractivity contribution in [3.63, 3.8) is 0 Å². The zero-order valence-corrected chi connectivity index (χ0v) is 17.3. The molecule has 0 saturated carbocycles. The lowest BCUT2D eigenvalue weighted by Crippen LogP contribution is -2.50. The van der Waals surface area contributed by atoms with E-state index in [-0.39, 0.29) is 5.91 Å². The number of fused-ring (bicyclic) bond motifs is 2. The molecule has 3 heterocycles. The van der Waals surface area contributed by atoms with Crippen molar-refractivity contribution in [2.75, 3.05) is 0 Å². The smallest absolute Gasteiger partial charge is 0.276 e. The van der Waals surface area contributed by atoms with Gasteiger partial charge >= 0.3 is 0 Å². The highest BCUT2D eigenvalue weighted by Gasteiger charge is 2.34. The zero-order chi connectivity index (χ0) is 20.5. The van der Waals surface area contributed by atoms with Crippen molar-refractivity contribution in [1.82, 2.24) is 15.3 Å². The highest BCUT2D eigenvalue weighted by molar-refractivity contribution is 8.13. The van der Waals surface area contributed by atoms with Crippen LogP contribution in [0.5, 0.6) is 0 Å². The van der Waals surface area contributed by atoms with E-state index >= 15 is 0 Å². The Morgan fingerprint density at radius 3 is 2.73 bits per heavy atom. The van der Waals surface area contributed by atoms with Gasteiger partial charge in [-0.2, -0.15) is 0 Å². The van der Waals surface area contributed by atoms with E-state index in [1.54, 1.807) is 17.4 Å². The highest BCUT2D eigenvalue weighted by Crippen LogP contribution is 2.31. The average Bonchev–Trinajstić information content (AvgIpc) is 2.78. The Morgan fingerprint density at radius 2 is 1.90 bits per heavy atom. The molecule has 1 aromatic heterocycles. The number of hydrogen-bond donors (Lipinski definition) is 1. The third-order valence-electron chi connectivity index (χ3n) is 4.82. The molecule has 2 aliphatic heterocycles. The van der Waals surface area contributed by atoms with Gasteiger partial charge in [-0.25, -0.2) is 5.01 Å². The van der Waals surface area contributed by atoms with E-state index < -0.39 is 6.17 Å². The molecule has 1 N–H and O–H groups in total. The first-order chi connectivity index (χ1) is 14.7. The van der Waals surface area contributed by atoms with E-state index in [4.69, 9.17) is 21.7 Å². The van der Waals surface area contributed by atoms with Crippen LogP contribution in [0, 0.1) is 0 Å². The summed E-state index contributed by atoms with van der Waals surface area (Å²) >= 11 is 7.69. The van der Waals surface area contributed by atoms with Crippen molar-refractivity contribution < 1.29 is 4.79 Å². The van der Waals surface area contributed by atoms with Gasteiger partial charge in [0.1, 0.15) is 5.70 Å². The van der Waals surface area contributed by atoms with Crippen LogP contribution in [-0.4, -0.2) is 21.1 Å². The molecule has 0 radical (unpaired) electrons. The molecule has 8 heteroatoms. The molecule has 3 aromatic rings. The molecule has 0 saturated heterocycles. The number of amides is 1. The number of thioether (sulfide) groups is 1. The molecule has 0 spiro atoms. The average molecular weight is 434 g/mol.